The zero-order valence-corrected chi connectivity index (χ0v) is 44.6. The Labute approximate surface area is 431 Å². The van der Waals surface area contributed by atoms with Crippen molar-refractivity contribution in [2.75, 3.05) is 25.6 Å². The number of aliphatic hydroxyl groups excluding tert-OH is 2. The van der Waals surface area contributed by atoms with Gasteiger partial charge in [0.2, 0.25) is 0 Å². The van der Waals surface area contributed by atoms with E-state index in [1.165, 1.54) is 63.9 Å². The first-order valence-electron chi connectivity index (χ1n) is 26.1. The van der Waals surface area contributed by atoms with Gasteiger partial charge in [0, 0.05) is 19.0 Å². The summed E-state index contributed by atoms with van der Waals surface area (Å²) in [6.07, 6.45) is 38.8. The van der Waals surface area contributed by atoms with Crippen molar-refractivity contribution in [1.29, 1.82) is 0 Å². The van der Waals surface area contributed by atoms with Crippen LogP contribution in [0, 0.1) is 0 Å². The second-order valence-corrected chi connectivity index (χ2v) is 21.1. The lowest BCUT2D eigenvalue weighted by atomic mass is 10.1. The number of carbonyl (C=O) groups is 2. The summed E-state index contributed by atoms with van der Waals surface area (Å²) in [5.74, 6) is -1.44. The third-order valence-corrected chi connectivity index (χ3v) is 14.3. The fraction of sp³-hybridized carbons (Fsp3) is 0.654. The molecule has 412 valence electrons. The maximum absolute atomic E-state index is 12.9. The van der Waals surface area contributed by atoms with Gasteiger partial charge in [-0.25, -0.2) is 13.9 Å². The van der Waals surface area contributed by atoms with Crippen LogP contribution in [0.2, 0.25) is 0 Å². The molecule has 1 aromatic heterocycles. The SMILES string of the molecule is CCCCC/C=C\C/C=C\CC1OC1C/C=C\CCCC(=O)OC[C@H](COP(=O)(O)OP(=O)(O)OC[C@H]1O[C@@H](n2ccc(N)nc2=O)[C@H](O)[C@@H]1O)OC(=O)CCC/C=C\C/C=C\C/C=C\CCCCCCCC. The van der Waals surface area contributed by atoms with Crippen molar-refractivity contribution in [2.45, 2.75) is 198 Å². The van der Waals surface area contributed by atoms with Crippen molar-refractivity contribution in [1.82, 2.24) is 9.55 Å². The number of allylic oxidation sites excluding steroid dienone is 10. The van der Waals surface area contributed by atoms with Crippen LogP contribution in [0.15, 0.2) is 90.0 Å². The van der Waals surface area contributed by atoms with Crippen molar-refractivity contribution in [3.63, 3.8) is 0 Å². The minimum Gasteiger partial charge on any atom is -0.462 e. The molecule has 0 aromatic carbocycles. The molecule has 1 aromatic rings. The second kappa shape index (κ2) is 37.0. The smallest absolute Gasteiger partial charge is 0.462 e. The summed E-state index contributed by atoms with van der Waals surface area (Å²) in [6, 6.07) is 1.24. The van der Waals surface area contributed by atoms with Crippen LogP contribution in [0.4, 0.5) is 5.82 Å². The highest BCUT2D eigenvalue weighted by molar-refractivity contribution is 7.61. The molecule has 0 saturated carbocycles. The molecule has 4 unspecified atom stereocenters. The maximum Gasteiger partial charge on any atom is 0.481 e. The zero-order chi connectivity index (χ0) is 53.2. The Balaban J connectivity index is 1.43. The van der Waals surface area contributed by atoms with E-state index < -0.39 is 83.7 Å². The van der Waals surface area contributed by atoms with Gasteiger partial charge >= 0.3 is 33.3 Å². The number of anilines is 1. The van der Waals surface area contributed by atoms with Gasteiger partial charge in [-0.2, -0.15) is 9.29 Å². The lowest BCUT2D eigenvalue weighted by molar-refractivity contribution is -0.161. The lowest BCUT2D eigenvalue weighted by Crippen LogP contribution is -2.36. The Hall–Kier alpha value is -3.84. The molecule has 0 amide bonds. The van der Waals surface area contributed by atoms with E-state index in [-0.39, 0.29) is 30.9 Å². The number of esters is 2. The van der Waals surface area contributed by atoms with E-state index in [0.29, 0.717) is 25.7 Å². The summed E-state index contributed by atoms with van der Waals surface area (Å²) in [5.41, 5.74) is 4.58. The van der Waals surface area contributed by atoms with E-state index >= 15 is 0 Å². The molecule has 0 aliphatic carbocycles. The Bertz CT molecular complexity index is 2080. The monoisotopic (exact) mass is 1070 g/mol. The molecule has 2 aliphatic heterocycles. The Kier molecular flexibility index (Phi) is 32.2. The highest BCUT2D eigenvalue weighted by atomic mass is 31.3. The van der Waals surface area contributed by atoms with Crippen molar-refractivity contribution in [3.05, 3.63) is 95.7 Å². The van der Waals surface area contributed by atoms with Gasteiger partial charge in [0.25, 0.3) is 0 Å². The highest BCUT2D eigenvalue weighted by Crippen LogP contribution is 2.60. The molecular formula is C52H83N3O16P2. The van der Waals surface area contributed by atoms with Crippen molar-refractivity contribution < 1.29 is 71.0 Å². The van der Waals surface area contributed by atoms with E-state index in [1.807, 2.05) is 24.3 Å². The van der Waals surface area contributed by atoms with Crippen molar-refractivity contribution in [2.24, 2.45) is 0 Å². The Morgan fingerprint density at radius 1 is 0.671 bits per heavy atom. The number of nitrogens with zero attached hydrogens (tertiary/aromatic N) is 2. The van der Waals surface area contributed by atoms with Gasteiger partial charge in [-0.15, -0.1) is 0 Å². The van der Waals surface area contributed by atoms with Crippen LogP contribution in [-0.4, -0.2) is 97.9 Å². The number of nitrogen functional groups attached to an aromatic ring is 1. The number of nitrogens with two attached hydrogens (primary N) is 1. The van der Waals surface area contributed by atoms with Crippen molar-refractivity contribution in [3.8, 4) is 0 Å². The Morgan fingerprint density at radius 3 is 1.81 bits per heavy atom. The van der Waals surface area contributed by atoms with Crippen LogP contribution >= 0.6 is 15.6 Å². The van der Waals surface area contributed by atoms with Crippen LogP contribution in [-0.2, 0) is 51.0 Å². The molecule has 3 rings (SSSR count). The maximum atomic E-state index is 12.9. The quantitative estimate of drug-likeness (QED) is 0.0134. The molecule has 21 heteroatoms. The third kappa shape index (κ3) is 29.2. The minimum atomic E-state index is -5.45. The number of aliphatic hydroxyl groups is 2. The molecule has 0 bridgehead atoms. The molecule has 19 nitrogen and oxygen atoms in total. The molecule has 2 fully saturated rings. The van der Waals surface area contributed by atoms with Crippen LogP contribution in [0.25, 0.3) is 0 Å². The molecule has 2 saturated heterocycles. The van der Waals surface area contributed by atoms with Gasteiger partial charge in [0.05, 0.1) is 25.4 Å². The predicted octanol–water partition coefficient (Wildman–Crippen LogP) is 9.88. The van der Waals surface area contributed by atoms with Crippen LogP contribution < -0.4 is 11.4 Å². The molecule has 73 heavy (non-hydrogen) atoms. The highest BCUT2D eigenvalue weighted by Gasteiger charge is 2.46. The van der Waals surface area contributed by atoms with Gasteiger partial charge in [-0.05, 0) is 89.5 Å². The Morgan fingerprint density at radius 2 is 1.18 bits per heavy atom. The summed E-state index contributed by atoms with van der Waals surface area (Å²) in [7, 11) is -10.9. The standard InChI is InChI=1S/C52H83N3O16P2/c1-3-5-7-9-11-13-14-15-16-17-18-19-20-22-24-26-32-36-48(57)68-42(39-65-47(56)35-31-28-27-30-34-44-43(69-44)33-29-25-23-21-12-10-8-6-4-2)40-66-72(61,62)71-73(63,64)67-41-45-49(58)50(59)51(70-45)55-38-37-46(53)54-52(55)60/h12,15-16,18-19,21-22,24-25,27,29-30,37-38,42-45,49-51,58-59H,3-11,13-14,17,20,23,26,28,31-36,39-41H2,1-2H3,(H,61,62)(H,63,64)(H2,53,54,60)/b16-15-,19-18-,21-12-,24-22-,29-25-,30-27-/t42-,43?,44?,45-,49-,50-,51-/m1/s1. The van der Waals surface area contributed by atoms with Gasteiger partial charge in [0.1, 0.15) is 30.7 Å². The largest absolute Gasteiger partial charge is 0.481 e. The van der Waals surface area contributed by atoms with E-state index in [9.17, 15) is 43.5 Å². The molecule has 9 atom stereocenters. The fourth-order valence-corrected chi connectivity index (χ4v) is 9.59. The summed E-state index contributed by atoms with van der Waals surface area (Å²) in [6.45, 7) is 2.00. The average molecular weight is 1070 g/mol. The normalized spacial score (nSPS) is 22.3. The number of phosphoric ester groups is 2. The van der Waals surface area contributed by atoms with Crippen LogP contribution in [0.3, 0.4) is 0 Å². The van der Waals surface area contributed by atoms with Gasteiger partial charge in [-0.3, -0.25) is 23.2 Å². The first-order chi connectivity index (χ1) is 35.1. The number of phosphoric acid groups is 2. The number of unbranched alkanes of at least 4 members (excludes halogenated alkanes) is 11. The lowest BCUT2D eigenvalue weighted by Gasteiger charge is -2.21. The predicted molar refractivity (Wildman–Crippen MR) is 279 cm³/mol. The molecule has 6 N–H and O–H groups in total. The summed E-state index contributed by atoms with van der Waals surface area (Å²) < 4.78 is 62.5. The van der Waals surface area contributed by atoms with E-state index in [1.54, 1.807) is 0 Å². The van der Waals surface area contributed by atoms with E-state index in [2.05, 4.69) is 71.8 Å². The van der Waals surface area contributed by atoms with Gasteiger partial charge in [-0.1, -0.05) is 132 Å². The first kappa shape index (κ1) is 63.5. The van der Waals surface area contributed by atoms with Crippen LogP contribution in [0.1, 0.15) is 161 Å². The van der Waals surface area contributed by atoms with Crippen LogP contribution in [0.5, 0.6) is 0 Å². The van der Waals surface area contributed by atoms with Crippen molar-refractivity contribution >= 4 is 33.4 Å². The minimum absolute atomic E-state index is 0.0289. The van der Waals surface area contributed by atoms with E-state index in [0.717, 1.165) is 55.7 Å². The summed E-state index contributed by atoms with van der Waals surface area (Å²) in [4.78, 5) is 62.0. The van der Waals surface area contributed by atoms with E-state index in [4.69, 9.17) is 33.7 Å². The molecule has 0 radical (unpaired) electrons. The molecule has 3 heterocycles. The summed E-state index contributed by atoms with van der Waals surface area (Å²) in [5, 5.41) is 20.9. The molecule has 2 aliphatic rings. The molecular weight excluding hydrogens is 985 g/mol. The number of aromatic nitrogens is 2. The fourth-order valence-electron chi connectivity index (χ4n) is 7.48. The first-order valence-corrected chi connectivity index (χ1v) is 29.1. The number of hydrogen-bond acceptors (Lipinski definition) is 16. The van der Waals surface area contributed by atoms with Gasteiger partial charge < -0.3 is 44.7 Å². The number of ether oxygens (including phenoxy) is 4. The zero-order valence-electron chi connectivity index (χ0n) is 42.9. The second-order valence-electron chi connectivity index (χ2n) is 18.1. The van der Waals surface area contributed by atoms with Gasteiger partial charge in [0.15, 0.2) is 12.3 Å². The topological polar surface area (TPSA) is 278 Å². The average Bonchev–Trinajstić information content (AvgIpc) is 4.04. The number of epoxide rings is 1. The number of hydrogen-bond donors (Lipinski definition) is 5. The number of carbonyl (C=O) groups excluding carboxylic acids is 2. The summed E-state index contributed by atoms with van der Waals surface area (Å²) >= 11 is 0. The third-order valence-electron chi connectivity index (χ3n) is 11.7. The molecule has 0 spiro atoms. The number of rotatable bonds is 41.